The van der Waals surface area contributed by atoms with E-state index in [9.17, 15) is 4.79 Å². The monoisotopic (exact) mass is 335 g/mol. The minimum Gasteiger partial charge on any atom is -0.325 e. The van der Waals surface area contributed by atoms with Crippen LogP contribution in [0.4, 0.5) is 5.69 Å². The number of aromatic nitrogens is 3. The number of aryl methyl sites for hydroxylation is 1. The van der Waals surface area contributed by atoms with Crippen molar-refractivity contribution in [1.82, 2.24) is 15.2 Å². The molecule has 0 aliphatic heterocycles. The van der Waals surface area contributed by atoms with Gasteiger partial charge in [-0.25, -0.2) is 4.98 Å². The molecule has 1 aromatic heterocycles. The van der Waals surface area contributed by atoms with Gasteiger partial charge in [0.1, 0.15) is 11.9 Å². The van der Waals surface area contributed by atoms with Crippen LogP contribution < -0.4 is 5.32 Å². The topological polar surface area (TPSA) is 94.5 Å². The Bertz CT molecular complexity index is 709. The number of thioether (sulfide) groups is 1. The second-order valence-electron chi connectivity index (χ2n) is 4.46. The average molecular weight is 336 g/mol. The summed E-state index contributed by atoms with van der Waals surface area (Å²) in [5.41, 5.74) is 0.925. The van der Waals surface area contributed by atoms with E-state index in [1.165, 1.54) is 11.8 Å². The molecule has 0 aliphatic carbocycles. The molecule has 2 aromatic rings. The number of carbonyl (C=O) groups excluding carboxylic acids is 1. The van der Waals surface area contributed by atoms with Crippen LogP contribution in [0.3, 0.4) is 0 Å². The Hall–Kier alpha value is -2.04. The van der Waals surface area contributed by atoms with Gasteiger partial charge in [-0.2, -0.15) is 5.26 Å². The molecular formula is C14H14ClN5OS. The fourth-order valence-electron chi connectivity index (χ4n) is 1.70. The molecule has 0 aliphatic rings. The molecule has 2 N–H and O–H groups in total. The molecule has 0 atom stereocenters. The molecule has 114 valence electrons. The van der Waals surface area contributed by atoms with Crippen LogP contribution >= 0.6 is 23.4 Å². The third-order valence-electron chi connectivity index (χ3n) is 2.70. The smallest absolute Gasteiger partial charge is 0.234 e. The lowest BCUT2D eigenvalue weighted by Crippen LogP contribution is -2.14. The molecule has 22 heavy (non-hydrogen) atoms. The first-order chi connectivity index (χ1) is 10.6. The molecule has 0 saturated heterocycles. The summed E-state index contributed by atoms with van der Waals surface area (Å²) in [7, 11) is 0. The number of halogens is 1. The number of hydrogen-bond donors (Lipinski definition) is 2. The number of nitrogens with zero attached hydrogens (tertiary/aromatic N) is 3. The molecule has 1 heterocycles. The Balaban J connectivity index is 1.87. The summed E-state index contributed by atoms with van der Waals surface area (Å²) in [6, 6.07) is 6.72. The number of aromatic amines is 1. The lowest BCUT2D eigenvalue weighted by molar-refractivity contribution is -0.113. The summed E-state index contributed by atoms with van der Waals surface area (Å²) in [6.07, 6.45) is 1.82. The third-order valence-corrected chi connectivity index (χ3v) is 3.86. The van der Waals surface area contributed by atoms with Crippen LogP contribution in [0.1, 0.15) is 24.7 Å². The highest BCUT2D eigenvalue weighted by molar-refractivity contribution is 7.99. The number of amides is 1. The van der Waals surface area contributed by atoms with Crippen molar-refractivity contribution < 1.29 is 4.79 Å². The highest BCUT2D eigenvalue weighted by atomic mass is 35.5. The fourth-order valence-corrected chi connectivity index (χ4v) is 2.54. The van der Waals surface area contributed by atoms with Gasteiger partial charge in [0.25, 0.3) is 0 Å². The number of hydrogen-bond acceptors (Lipinski definition) is 5. The van der Waals surface area contributed by atoms with Crippen LogP contribution in [0.15, 0.2) is 23.4 Å². The molecule has 2 rings (SSSR count). The van der Waals surface area contributed by atoms with E-state index >= 15 is 0 Å². The van der Waals surface area contributed by atoms with Gasteiger partial charge in [0, 0.05) is 12.1 Å². The number of nitrogens with one attached hydrogen (secondary N) is 2. The molecule has 0 unspecified atom stereocenters. The van der Waals surface area contributed by atoms with Crippen molar-refractivity contribution in [2.75, 3.05) is 11.1 Å². The standard InChI is InChI=1S/C14H14ClN5OS/c1-2-3-12-18-14(20-19-12)22-8-13(21)17-10-5-4-9(7-16)11(15)6-10/h4-6H,2-3,8H2,1H3,(H,17,21)(H,18,19,20). The quantitative estimate of drug-likeness (QED) is 0.791. The zero-order chi connectivity index (χ0) is 15.9. The highest BCUT2D eigenvalue weighted by Crippen LogP contribution is 2.20. The van der Waals surface area contributed by atoms with Crippen LogP contribution in [0, 0.1) is 11.3 Å². The van der Waals surface area contributed by atoms with Gasteiger partial charge in [0.15, 0.2) is 0 Å². The van der Waals surface area contributed by atoms with Gasteiger partial charge in [0.05, 0.1) is 16.3 Å². The van der Waals surface area contributed by atoms with Crippen LogP contribution in [-0.4, -0.2) is 26.8 Å². The second kappa shape index (κ2) is 7.82. The summed E-state index contributed by atoms with van der Waals surface area (Å²) in [6.45, 7) is 2.06. The number of carbonyl (C=O) groups is 1. The van der Waals surface area contributed by atoms with E-state index < -0.39 is 0 Å². The number of H-pyrrole nitrogens is 1. The van der Waals surface area contributed by atoms with Crippen molar-refractivity contribution in [3.05, 3.63) is 34.6 Å². The van der Waals surface area contributed by atoms with Crippen molar-refractivity contribution in [3.8, 4) is 6.07 Å². The second-order valence-corrected chi connectivity index (χ2v) is 5.81. The van der Waals surface area contributed by atoms with Crippen molar-refractivity contribution in [2.45, 2.75) is 24.9 Å². The lowest BCUT2D eigenvalue weighted by Gasteiger charge is -2.05. The van der Waals surface area contributed by atoms with Crippen LogP contribution in [0.25, 0.3) is 0 Å². The first-order valence-electron chi connectivity index (χ1n) is 6.66. The van der Waals surface area contributed by atoms with Crippen LogP contribution in [0.5, 0.6) is 0 Å². The van der Waals surface area contributed by atoms with Crippen molar-refractivity contribution in [1.29, 1.82) is 5.26 Å². The average Bonchev–Trinajstić information content (AvgIpc) is 2.93. The van der Waals surface area contributed by atoms with E-state index in [0.717, 1.165) is 18.7 Å². The molecule has 0 radical (unpaired) electrons. The van der Waals surface area contributed by atoms with Gasteiger partial charge in [-0.05, 0) is 24.6 Å². The first-order valence-corrected chi connectivity index (χ1v) is 8.02. The van der Waals surface area contributed by atoms with Gasteiger partial charge >= 0.3 is 0 Å². The van der Waals surface area contributed by atoms with Gasteiger partial charge in [-0.3, -0.25) is 9.89 Å². The molecule has 8 heteroatoms. The van der Waals surface area contributed by atoms with E-state index in [2.05, 4.69) is 27.4 Å². The molecule has 6 nitrogen and oxygen atoms in total. The van der Waals surface area contributed by atoms with Gasteiger partial charge < -0.3 is 5.32 Å². The Morgan fingerprint density at radius 2 is 2.36 bits per heavy atom. The Labute approximate surface area is 137 Å². The Kier molecular flexibility index (Phi) is 5.81. The first kappa shape index (κ1) is 16.3. The zero-order valence-electron chi connectivity index (χ0n) is 11.9. The molecule has 0 saturated carbocycles. The summed E-state index contributed by atoms with van der Waals surface area (Å²) < 4.78 is 0. The zero-order valence-corrected chi connectivity index (χ0v) is 13.5. The van der Waals surface area contributed by atoms with Crippen molar-refractivity contribution >= 4 is 35.0 Å². The van der Waals surface area contributed by atoms with Gasteiger partial charge in [0.2, 0.25) is 11.1 Å². The fraction of sp³-hybridized carbons (Fsp3) is 0.286. The SMILES string of the molecule is CCCc1nc(SCC(=O)Nc2ccc(C#N)c(Cl)c2)n[nH]1. The third kappa shape index (κ3) is 4.48. The Morgan fingerprint density at radius 3 is 3.05 bits per heavy atom. The van der Waals surface area contributed by atoms with Crippen molar-refractivity contribution in [2.24, 2.45) is 0 Å². The van der Waals surface area contributed by atoms with Gasteiger partial charge in [-0.1, -0.05) is 30.3 Å². The molecule has 1 amide bonds. The molecular weight excluding hydrogens is 322 g/mol. The summed E-state index contributed by atoms with van der Waals surface area (Å²) in [5.74, 6) is 0.831. The van der Waals surface area contributed by atoms with E-state index in [4.69, 9.17) is 16.9 Å². The number of rotatable bonds is 6. The molecule has 1 aromatic carbocycles. The molecule has 0 bridgehead atoms. The van der Waals surface area contributed by atoms with Crippen molar-refractivity contribution in [3.63, 3.8) is 0 Å². The number of benzene rings is 1. The van der Waals surface area contributed by atoms with E-state index in [1.807, 2.05) is 6.07 Å². The largest absolute Gasteiger partial charge is 0.325 e. The number of anilines is 1. The van der Waals surface area contributed by atoms with Crippen LogP contribution in [0.2, 0.25) is 5.02 Å². The van der Waals surface area contributed by atoms with Gasteiger partial charge in [-0.15, -0.1) is 5.10 Å². The summed E-state index contributed by atoms with van der Waals surface area (Å²) in [4.78, 5) is 16.2. The van der Waals surface area contributed by atoms with Crippen LogP contribution in [-0.2, 0) is 11.2 Å². The minimum atomic E-state index is -0.187. The van der Waals surface area contributed by atoms with E-state index in [-0.39, 0.29) is 11.7 Å². The minimum absolute atomic E-state index is 0.187. The maximum atomic E-state index is 11.9. The highest BCUT2D eigenvalue weighted by Gasteiger charge is 2.09. The Morgan fingerprint density at radius 1 is 1.55 bits per heavy atom. The summed E-state index contributed by atoms with van der Waals surface area (Å²) in [5, 5.41) is 19.3. The number of nitriles is 1. The van der Waals surface area contributed by atoms with E-state index in [1.54, 1.807) is 18.2 Å². The predicted octanol–water partition coefficient (Wildman–Crippen LogP) is 3.01. The predicted molar refractivity (Wildman–Crippen MR) is 85.9 cm³/mol. The van der Waals surface area contributed by atoms with E-state index in [0.29, 0.717) is 21.4 Å². The lowest BCUT2D eigenvalue weighted by atomic mass is 10.2. The molecule has 0 spiro atoms. The normalized spacial score (nSPS) is 10.2. The summed E-state index contributed by atoms with van der Waals surface area (Å²) >= 11 is 7.17. The maximum Gasteiger partial charge on any atom is 0.234 e. The maximum absolute atomic E-state index is 11.9. The molecule has 0 fully saturated rings.